The van der Waals surface area contributed by atoms with E-state index in [1.807, 2.05) is 0 Å². The second-order valence-electron chi connectivity index (χ2n) is 3.05. The number of nitro benzene ring substituents is 1. The van der Waals surface area contributed by atoms with Crippen LogP contribution >= 0.6 is 0 Å². The molecule has 0 unspecified atom stereocenters. The molecule has 16 heavy (non-hydrogen) atoms. The largest absolute Gasteiger partial charge is 0.491 e. The van der Waals surface area contributed by atoms with Crippen molar-refractivity contribution >= 4 is 11.5 Å². The van der Waals surface area contributed by atoms with Crippen molar-refractivity contribution in [3.63, 3.8) is 0 Å². The monoisotopic (exact) mass is 227 g/mol. The number of halogens is 1. The van der Waals surface area contributed by atoms with Crippen LogP contribution in [-0.4, -0.2) is 17.3 Å². The van der Waals surface area contributed by atoms with E-state index in [2.05, 4.69) is 0 Å². The Bertz CT molecular complexity index is 445. The first kappa shape index (κ1) is 12.1. The molecule has 0 saturated carbocycles. The van der Waals surface area contributed by atoms with E-state index in [4.69, 9.17) is 4.74 Å². The molecule has 6 heteroatoms. The number of hydrogen-bond acceptors (Lipinski definition) is 4. The summed E-state index contributed by atoms with van der Waals surface area (Å²) in [5.41, 5.74) is -0.705. The van der Waals surface area contributed by atoms with Crippen LogP contribution in [-0.2, 0) is 0 Å². The summed E-state index contributed by atoms with van der Waals surface area (Å²) in [4.78, 5) is 21.0. The first-order valence-electron chi connectivity index (χ1n) is 4.59. The normalized spacial score (nSPS) is 9.94. The molecule has 0 amide bonds. The van der Waals surface area contributed by atoms with Gasteiger partial charge in [-0.25, -0.2) is 4.39 Å². The average molecular weight is 227 g/mol. The number of rotatable bonds is 4. The lowest BCUT2D eigenvalue weighted by Gasteiger charge is -2.06. The summed E-state index contributed by atoms with van der Waals surface area (Å²) in [5, 5.41) is 10.7. The van der Waals surface area contributed by atoms with Gasteiger partial charge in [0.25, 0.3) is 5.69 Å². The minimum Gasteiger partial charge on any atom is -0.491 e. The lowest BCUT2D eigenvalue weighted by Crippen LogP contribution is -2.03. The molecule has 0 aliphatic heterocycles. The van der Waals surface area contributed by atoms with Gasteiger partial charge >= 0.3 is 0 Å². The molecule has 0 heterocycles. The van der Waals surface area contributed by atoms with E-state index in [9.17, 15) is 19.3 Å². The van der Waals surface area contributed by atoms with Gasteiger partial charge in [0.05, 0.1) is 23.2 Å². The predicted octanol–water partition coefficient (Wildman–Crippen LogP) is 2.34. The second-order valence-corrected chi connectivity index (χ2v) is 3.05. The number of nitrogens with zero attached hydrogens (tertiary/aromatic N) is 1. The topological polar surface area (TPSA) is 69.4 Å². The van der Waals surface area contributed by atoms with Crippen molar-refractivity contribution in [1.29, 1.82) is 0 Å². The number of ketones is 1. The number of carbonyl (C=O) groups excluding carboxylic acids is 1. The average Bonchev–Trinajstić information content (AvgIpc) is 2.20. The van der Waals surface area contributed by atoms with Crippen LogP contribution in [0.3, 0.4) is 0 Å². The summed E-state index contributed by atoms with van der Waals surface area (Å²) in [6.45, 7) is 2.96. The maximum atomic E-state index is 13.3. The van der Waals surface area contributed by atoms with Crippen LogP contribution in [0.1, 0.15) is 24.2 Å². The molecule has 1 rings (SSSR count). The van der Waals surface area contributed by atoms with Crippen molar-refractivity contribution < 1.29 is 18.8 Å². The molecule has 0 N–H and O–H groups in total. The van der Waals surface area contributed by atoms with Gasteiger partial charge in [-0.3, -0.25) is 14.9 Å². The van der Waals surface area contributed by atoms with Crippen molar-refractivity contribution in [2.24, 2.45) is 0 Å². The van der Waals surface area contributed by atoms with Crippen LogP contribution in [0, 0.1) is 15.9 Å². The summed E-state index contributed by atoms with van der Waals surface area (Å²) in [6.07, 6.45) is 0. The van der Waals surface area contributed by atoms with Crippen molar-refractivity contribution in [2.75, 3.05) is 6.61 Å². The Kier molecular flexibility index (Phi) is 3.55. The SMILES string of the molecule is CCOc1cc([N+](=O)[O-])c(C(C)=O)cc1F. The molecule has 0 bridgehead atoms. The molecule has 0 fully saturated rings. The molecule has 0 aliphatic carbocycles. The van der Waals surface area contributed by atoms with Crippen molar-refractivity contribution in [3.8, 4) is 5.75 Å². The molecule has 0 spiro atoms. The van der Waals surface area contributed by atoms with Crippen LogP contribution in [0.4, 0.5) is 10.1 Å². The summed E-state index contributed by atoms with van der Waals surface area (Å²) in [6, 6.07) is 1.75. The van der Waals surface area contributed by atoms with Crippen LogP contribution in [0.15, 0.2) is 12.1 Å². The second kappa shape index (κ2) is 4.69. The van der Waals surface area contributed by atoms with Crippen molar-refractivity contribution in [1.82, 2.24) is 0 Å². The summed E-state index contributed by atoms with van der Waals surface area (Å²) < 4.78 is 18.2. The minimum absolute atomic E-state index is 0.188. The summed E-state index contributed by atoms with van der Waals surface area (Å²) in [7, 11) is 0. The number of ether oxygens (including phenoxy) is 1. The highest BCUT2D eigenvalue weighted by Gasteiger charge is 2.21. The Morgan fingerprint density at radius 2 is 2.19 bits per heavy atom. The number of nitro groups is 1. The summed E-state index contributed by atoms with van der Waals surface area (Å²) >= 11 is 0. The van der Waals surface area contributed by atoms with E-state index in [1.54, 1.807) is 6.92 Å². The first-order chi connectivity index (χ1) is 7.47. The lowest BCUT2D eigenvalue weighted by molar-refractivity contribution is -0.385. The molecule has 1 aromatic carbocycles. The van der Waals surface area contributed by atoms with Gasteiger partial charge in [-0.1, -0.05) is 0 Å². The fourth-order valence-electron chi connectivity index (χ4n) is 1.24. The fraction of sp³-hybridized carbons (Fsp3) is 0.300. The number of Topliss-reactive ketones (excluding diaryl/α,β-unsaturated/α-hetero) is 1. The molecular formula is C10H10FNO4. The zero-order valence-corrected chi connectivity index (χ0v) is 8.82. The van der Waals surface area contributed by atoms with E-state index in [1.165, 1.54) is 0 Å². The highest BCUT2D eigenvalue weighted by atomic mass is 19.1. The van der Waals surface area contributed by atoms with E-state index < -0.39 is 22.2 Å². The van der Waals surface area contributed by atoms with Gasteiger partial charge in [-0.15, -0.1) is 0 Å². The standard InChI is InChI=1S/C10H10FNO4/c1-3-16-10-5-9(12(14)15)7(6(2)13)4-8(10)11/h4-5H,3H2,1-2H3. The van der Waals surface area contributed by atoms with Crippen molar-refractivity contribution in [3.05, 3.63) is 33.6 Å². The van der Waals surface area contributed by atoms with Gasteiger partial charge in [0.1, 0.15) is 0 Å². The van der Waals surface area contributed by atoms with Gasteiger partial charge in [-0.05, 0) is 19.9 Å². The number of benzene rings is 1. The Hall–Kier alpha value is -1.98. The number of carbonyl (C=O) groups is 1. The quantitative estimate of drug-likeness (QED) is 0.449. The zero-order chi connectivity index (χ0) is 12.3. The van der Waals surface area contributed by atoms with Crippen LogP contribution in [0.5, 0.6) is 5.75 Å². The third kappa shape index (κ3) is 2.33. The van der Waals surface area contributed by atoms with Gasteiger partial charge < -0.3 is 4.74 Å². The van der Waals surface area contributed by atoms with E-state index >= 15 is 0 Å². The fourth-order valence-corrected chi connectivity index (χ4v) is 1.24. The van der Waals surface area contributed by atoms with Gasteiger partial charge in [-0.2, -0.15) is 0 Å². The Labute approximate surface area is 91.0 Å². The molecule has 5 nitrogen and oxygen atoms in total. The predicted molar refractivity (Wildman–Crippen MR) is 54.2 cm³/mol. The van der Waals surface area contributed by atoms with E-state index in [-0.39, 0.29) is 17.9 Å². The minimum atomic E-state index is -0.780. The molecule has 1 aromatic rings. The van der Waals surface area contributed by atoms with E-state index in [0.717, 1.165) is 19.1 Å². The maximum Gasteiger partial charge on any atom is 0.284 e. The first-order valence-corrected chi connectivity index (χ1v) is 4.59. The molecule has 0 saturated heterocycles. The Balaban J connectivity index is 3.37. The molecule has 0 atom stereocenters. The van der Waals surface area contributed by atoms with E-state index in [0.29, 0.717) is 0 Å². The number of hydrogen-bond donors (Lipinski definition) is 0. The third-order valence-electron chi connectivity index (χ3n) is 1.93. The van der Waals surface area contributed by atoms with Crippen LogP contribution < -0.4 is 4.74 Å². The highest BCUT2D eigenvalue weighted by molar-refractivity contribution is 5.98. The zero-order valence-electron chi connectivity index (χ0n) is 8.82. The smallest absolute Gasteiger partial charge is 0.284 e. The van der Waals surface area contributed by atoms with Crippen LogP contribution in [0.2, 0.25) is 0 Å². The summed E-state index contributed by atoms with van der Waals surface area (Å²) in [5.74, 6) is -1.56. The Morgan fingerprint density at radius 3 is 2.62 bits per heavy atom. The molecule has 0 radical (unpaired) electrons. The van der Waals surface area contributed by atoms with Gasteiger partial charge in [0.15, 0.2) is 17.3 Å². The van der Waals surface area contributed by atoms with Crippen LogP contribution in [0.25, 0.3) is 0 Å². The molecule has 86 valence electrons. The third-order valence-corrected chi connectivity index (χ3v) is 1.93. The highest BCUT2D eigenvalue weighted by Crippen LogP contribution is 2.28. The van der Waals surface area contributed by atoms with Gasteiger partial charge in [0, 0.05) is 0 Å². The Morgan fingerprint density at radius 1 is 1.56 bits per heavy atom. The van der Waals surface area contributed by atoms with Gasteiger partial charge in [0.2, 0.25) is 0 Å². The molecule has 0 aromatic heterocycles. The maximum absolute atomic E-state index is 13.3. The lowest BCUT2D eigenvalue weighted by atomic mass is 10.1. The molecule has 0 aliphatic rings. The molecular weight excluding hydrogens is 217 g/mol. The van der Waals surface area contributed by atoms with Crippen molar-refractivity contribution in [2.45, 2.75) is 13.8 Å².